The van der Waals surface area contributed by atoms with Crippen molar-refractivity contribution >= 4 is 17.5 Å². The summed E-state index contributed by atoms with van der Waals surface area (Å²) in [6.45, 7) is 4.77. The summed E-state index contributed by atoms with van der Waals surface area (Å²) in [7, 11) is 0. The molecular formula is C20H28N2O2. The maximum atomic E-state index is 12.6. The molecule has 2 aliphatic rings. The summed E-state index contributed by atoms with van der Waals surface area (Å²) in [6, 6.07) is 8.22. The van der Waals surface area contributed by atoms with Gasteiger partial charge in [0, 0.05) is 24.7 Å². The van der Waals surface area contributed by atoms with Crippen LogP contribution in [0.1, 0.15) is 51.0 Å². The lowest BCUT2D eigenvalue weighted by Gasteiger charge is -2.29. The molecule has 24 heavy (non-hydrogen) atoms. The van der Waals surface area contributed by atoms with Gasteiger partial charge >= 0.3 is 0 Å². The van der Waals surface area contributed by atoms with Crippen LogP contribution in [0.5, 0.6) is 0 Å². The summed E-state index contributed by atoms with van der Waals surface area (Å²) < 4.78 is 0. The number of hydrogen-bond acceptors (Lipinski definition) is 2. The molecule has 0 radical (unpaired) electrons. The first-order valence-corrected chi connectivity index (χ1v) is 9.24. The summed E-state index contributed by atoms with van der Waals surface area (Å²) in [4.78, 5) is 26.6. The van der Waals surface area contributed by atoms with Crippen LogP contribution in [0.15, 0.2) is 24.3 Å². The van der Waals surface area contributed by atoms with Crippen molar-refractivity contribution in [3.63, 3.8) is 0 Å². The Morgan fingerprint density at radius 3 is 2.46 bits per heavy atom. The van der Waals surface area contributed by atoms with Gasteiger partial charge in [0.05, 0.1) is 5.92 Å². The number of amides is 2. The fourth-order valence-corrected chi connectivity index (χ4v) is 3.89. The third-order valence-corrected chi connectivity index (χ3v) is 5.61. The molecule has 1 saturated heterocycles. The lowest BCUT2D eigenvalue weighted by atomic mass is 9.84. The smallest absolute Gasteiger partial charge is 0.227 e. The lowest BCUT2D eigenvalue weighted by molar-refractivity contribution is -0.127. The van der Waals surface area contributed by atoms with E-state index in [1.807, 2.05) is 31.2 Å². The first kappa shape index (κ1) is 17.0. The number of carbonyl (C=O) groups is 2. The Morgan fingerprint density at radius 2 is 1.83 bits per heavy atom. The van der Waals surface area contributed by atoms with E-state index in [4.69, 9.17) is 0 Å². The topological polar surface area (TPSA) is 49.4 Å². The minimum absolute atomic E-state index is 0.0497. The van der Waals surface area contributed by atoms with E-state index in [2.05, 4.69) is 12.2 Å². The predicted molar refractivity (Wildman–Crippen MR) is 95.8 cm³/mol. The van der Waals surface area contributed by atoms with Gasteiger partial charge in [-0.2, -0.15) is 0 Å². The molecule has 2 fully saturated rings. The highest BCUT2D eigenvalue weighted by atomic mass is 16.2. The molecule has 0 aromatic heterocycles. The molecule has 1 aromatic carbocycles. The summed E-state index contributed by atoms with van der Waals surface area (Å²) in [5.41, 5.74) is 2.06. The Bertz CT molecular complexity index is 588. The molecule has 0 bridgehead atoms. The minimum atomic E-state index is -0.220. The Hall–Kier alpha value is -1.84. The maximum absolute atomic E-state index is 12.6. The van der Waals surface area contributed by atoms with Crippen molar-refractivity contribution in [3.05, 3.63) is 29.8 Å². The molecule has 130 valence electrons. The molecule has 1 atom stereocenters. The molecule has 0 spiro atoms. The van der Waals surface area contributed by atoms with Crippen LogP contribution in [0, 0.1) is 18.8 Å². The van der Waals surface area contributed by atoms with Crippen molar-refractivity contribution in [2.24, 2.45) is 11.8 Å². The number of aryl methyl sites for hydroxylation is 1. The second-order valence-corrected chi connectivity index (χ2v) is 7.38. The molecule has 1 aliphatic carbocycles. The lowest BCUT2D eigenvalue weighted by Crippen LogP contribution is -2.41. The van der Waals surface area contributed by atoms with Crippen LogP contribution in [0.25, 0.3) is 0 Å². The molecule has 4 nitrogen and oxygen atoms in total. The molecule has 4 heteroatoms. The average molecular weight is 328 g/mol. The summed E-state index contributed by atoms with van der Waals surface area (Å²) in [6.07, 6.45) is 6.13. The summed E-state index contributed by atoms with van der Waals surface area (Å²) in [5, 5.41) is 3.19. The Kier molecular flexibility index (Phi) is 5.22. The van der Waals surface area contributed by atoms with E-state index in [9.17, 15) is 9.59 Å². The highest BCUT2D eigenvalue weighted by Crippen LogP contribution is 2.28. The number of carbonyl (C=O) groups excluding carboxylic acids is 2. The zero-order valence-corrected chi connectivity index (χ0v) is 14.8. The van der Waals surface area contributed by atoms with Gasteiger partial charge in [0.25, 0.3) is 0 Å². The second-order valence-electron chi connectivity index (χ2n) is 7.38. The Labute approximate surface area is 144 Å². The largest absolute Gasteiger partial charge is 0.353 e. The third-order valence-electron chi connectivity index (χ3n) is 5.61. The molecule has 1 N–H and O–H groups in total. The number of rotatable bonds is 4. The van der Waals surface area contributed by atoms with Crippen molar-refractivity contribution in [2.75, 3.05) is 11.4 Å². The van der Waals surface area contributed by atoms with Crippen LogP contribution < -0.4 is 10.2 Å². The van der Waals surface area contributed by atoms with Crippen molar-refractivity contribution in [1.29, 1.82) is 0 Å². The number of hydrogen-bond donors (Lipinski definition) is 1. The van der Waals surface area contributed by atoms with E-state index in [0.717, 1.165) is 24.4 Å². The molecule has 1 heterocycles. The van der Waals surface area contributed by atoms with Crippen LogP contribution >= 0.6 is 0 Å². The second kappa shape index (κ2) is 7.37. The first-order chi connectivity index (χ1) is 11.6. The van der Waals surface area contributed by atoms with Gasteiger partial charge in [-0.25, -0.2) is 0 Å². The van der Waals surface area contributed by atoms with Gasteiger partial charge in [-0.3, -0.25) is 9.59 Å². The molecule has 1 aliphatic heterocycles. The SMILES string of the molecule is CCC1CCC(NC(=O)[C@@H]2CC(=O)N(c3ccc(C)cc3)C2)CC1. The monoisotopic (exact) mass is 328 g/mol. The molecule has 1 saturated carbocycles. The van der Waals surface area contributed by atoms with Gasteiger partial charge in [-0.15, -0.1) is 0 Å². The predicted octanol–water partition coefficient (Wildman–Crippen LogP) is 3.43. The van der Waals surface area contributed by atoms with Gasteiger partial charge in [0.1, 0.15) is 0 Å². The first-order valence-electron chi connectivity index (χ1n) is 9.24. The van der Waals surface area contributed by atoms with Crippen molar-refractivity contribution in [3.8, 4) is 0 Å². The van der Waals surface area contributed by atoms with Gasteiger partial charge in [-0.1, -0.05) is 31.0 Å². The quantitative estimate of drug-likeness (QED) is 0.920. The molecule has 3 rings (SSSR count). The molecule has 0 unspecified atom stereocenters. The molecule has 2 amide bonds. The highest BCUT2D eigenvalue weighted by Gasteiger charge is 2.36. The van der Waals surface area contributed by atoms with E-state index >= 15 is 0 Å². The fraction of sp³-hybridized carbons (Fsp3) is 0.600. The molecular weight excluding hydrogens is 300 g/mol. The standard InChI is InChI=1S/C20H28N2O2/c1-3-15-6-8-17(9-7-15)21-20(24)16-12-19(23)22(13-16)18-10-4-14(2)5-11-18/h4-5,10-11,15-17H,3,6-9,12-13H2,1-2H3,(H,21,24)/t15?,16-,17?/m1/s1. The maximum Gasteiger partial charge on any atom is 0.227 e. The van der Waals surface area contributed by atoms with E-state index in [0.29, 0.717) is 19.0 Å². The normalized spacial score (nSPS) is 27.3. The number of nitrogens with zero attached hydrogens (tertiary/aromatic N) is 1. The van der Waals surface area contributed by atoms with Crippen LogP contribution in [0.2, 0.25) is 0 Å². The minimum Gasteiger partial charge on any atom is -0.353 e. The van der Waals surface area contributed by atoms with Crippen LogP contribution in [0.4, 0.5) is 5.69 Å². The van der Waals surface area contributed by atoms with Crippen LogP contribution in [0.3, 0.4) is 0 Å². The van der Waals surface area contributed by atoms with Gasteiger partial charge in [0.2, 0.25) is 11.8 Å². The number of anilines is 1. The third kappa shape index (κ3) is 3.80. The van der Waals surface area contributed by atoms with Gasteiger partial charge in [0.15, 0.2) is 0 Å². The summed E-state index contributed by atoms with van der Waals surface area (Å²) in [5.74, 6) is 0.706. The average Bonchev–Trinajstić information content (AvgIpc) is 2.98. The van der Waals surface area contributed by atoms with E-state index in [-0.39, 0.29) is 17.7 Å². The van der Waals surface area contributed by atoms with Crippen molar-refractivity contribution in [1.82, 2.24) is 5.32 Å². The van der Waals surface area contributed by atoms with Gasteiger partial charge in [-0.05, 0) is 50.7 Å². The van der Waals surface area contributed by atoms with Crippen LogP contribution in [-0.2, 0) is 9.59 Å². The highest BCUT2D eigenvalue weighted by molar-refractivity contribution is 6.00. The number of nitrogens with one attached hydrogen (secondary N) is 1. The van der Waals surface area contributed by atoms with Gasteiger partial charge < -0.3 is 10.2 Å². The van der Waals surface area contributed by atoms with Crippen molar-refractivity contribution < 1.29 is 9.59 Å². The number of benzene rings is 1. The van der Waals surface area contributed by atoms with E-state index in [1.165, 1.54) is 24.8 Å². The zero-order valence-electron chi connectivity index (χ0n) is 14.8. The van der Waals surface area contributed by atoms with Crippen molar-refractivity contribution in [2.45, 2.75) is 58.4 Å². The zero-order chi connectivity index (χ0) is 17.1. The Balaban J connectivity index is 1.55. The van der Waals surface area contributed by atoms with E-state index in [1.54, 1.807) is 4.90 Å². The summed E-state index contributed by atoms with van der Waals surface area (Å²) >= 11 is 0. The Morgan fingerprint density at radius 1 is 1.17 bits per heavy atom. The fourth-order valence-electron chi connectivity index (χ4n) is 3.89. The van der Waals surface area contributed by atoms with Crippen LogP contribution in [-0.4, -0.2) is 24.4 Å². The van der Waals surface area contributed by atoms with E-state index < -0.39 is 0 Å². The molecule has 1 aromatic rings.